The van der Waals surface area contributed by atoms with Crippen LogP contribution in [0.3, 0.4) is 0 Å². The van der Waals surface area contributed by atoms with E-state index < -0.39 is 0 Å². The van der Waals surface area contributed by atoms with E-state index in [9.17, 15) is 4.79 Å². The Bertz CT molecular complexity index is 506. The van der Waals surface area contributed by atoms with E-state index in [1.165, 1.54) is 0 Å². The minimum Gasteiger partial charge on any atom is -0.292 e. The van der Waals surface area contributed by atoms with Gasteiger partial charge in [0.15, 0.2) is 5.78 Å². The number of benzene rings is 2. The van der Waals surface area contributed by atoms with Crippen LogP contribution in [0.5, 0.6) is 0 Å². The molecule has 15 heavy (non-hydrogen) atoms. The number of alkyl halides is 2. The zero-order valence-electron chi connectivity index (χ0n) is 7.78. The molecule has 2 aromatic rings. The first-order valence-corrected chi connectivity index (χ1v) is 6.33. The predicted octanol–water partition coefficient (Wildman–Crippen LogP) is 4.14. The summed E-state index contributed by atoms with van der Waals surface area (Å²) in [4.78, 5) is 11.7. The van der Waals surface area contributed by atoms with E-state index in [-0.39, 0.29) is 9.52 Å². The molecule has 1 nitrogen and oxygen atoms in total. The summed E-state index contributed by atoms with van der Waals surface area (Å²) in [5.74, 6) is 0.0424. The molecule has 0 amide bonds. The maximum atomic E-state index is 11.7. The fraction of sp³-hybridized carbons (Fsp3) is 0.0833. The van der Waals surface area contributed by atoms with Crippen LogP contribution in [0.15, 0.2) is 42.5 Å². The smallest absolute Gasteiger partial charge is 0.187 e. The molecule has 0 radical (unpaired) electrons. The highest BCUT2D eigenvalue weighted by Gasteiger charge is 2.13. The second-order valence-electron chi connectivity index (χ2n) is 3.23. The molecule has 0 aromatic heterocycles. The Morgan fingerprint density at radius 2 is 1.67 bits per heavy atom. The Labute approximate surface area is 105 Å². The van der Waals surface area contributed by atoms with Crippen LogP contribution >= 0.6 is 31.9 Å². The molecule has 3 heteroatoms. The van der Waals surface area contributed by atoms with Crippen LogP contribution in [0.1, 0.15) is 10.4 Å². The van der Waals surface area contributed by atoms with Gasteiger partial charge in [-0.3, -0.25) is 4.79 Å². The van der Waals surface area contributed by atoms with Crippen molar-refractivity contribution < 1.29 is 4.79 Å². The molecule has 76 valence electrons. The molecule has 0 spiro atoms. The molecular formula is C12H8Br2O. The highest BCUT2D eigenvalue weighted by molar-refractivity contribution is 9.25. The maximum Gasteiger partial charge on any atom is 0.187 e. The van der Waals surface area contributed by atoms with E-state index in [1.807, 2.05) is 42.5 Å². The van der Waals surface area contributed by atoms with Crippen molar-refractivity contribution >= 4 is 48.4 Å². The van der Waals surface area contributed by atoms with Gasteiger partial charge in [-0.1, -0.05) is 68.3 Å². The number of rotatable bonds is 2. The summed E-state index contributed by atoms with van der Waals surface area (Å²) in [5.41, 5.74) is 0.715. The number of fused-ring (bicyclic) bond motifs is 1. The van der Waals surface area contributed by atoms with E-state index >= 15 is 0 Å². The normalized spacial score (nSPS) is 10.9. The number of halogens is 2. The number of carbonyl (C=O) groups excluding carboxylic acids is 1. The first-order valence-electron chi connectivity index (χ1n) is 4.49. The molecule has 0 heterocycles. The first-order chi connectivity index (χ1) is 7.18. The molecule has 2 rings (SSSR count). The molecule has 0 N–H and O–H groups in total. The van der Waals surface area contributed by atoms with Crippen molar-refractivity contribution in [3.8, 4) is 0 Å². The number of ketones is 1. The third-order valence-corrected chi connectivity index (χ3v) is 3.06. The maximum absolute atomic E-state index is 11.7. The van der Waals surface area contributed by atoms with E-state index in [1.54, 1.807) is 0 Å². The average molecular weight is 328 g/mol. The minimum absolute atomic E-state index is 0.0424. The Morgan fingerprint density at radius 1 is 1.00 bits per heavy atom. The zero-order valence-corrected chi connectivity index (χ0v) is 11.0. The van der Waals surface area contributed by atoms with Gasteiger partial charge in [-0.05, 0) is 16.8 Å². The molecule has 0 unspecified atom stereocenters. The van der Waals surface area contributed by atoms with Gasteiger partial charge in [-0.15, -0.1) is 0 Å². The van der Waals surface area contributed by atoms with E-state index in [4.69, 9.17) is 0 Å². The van der Waals surface area contributed by atoms with Gasteiger partial charge < -0.3 is 0 Å². The minimum atomic E-state index is -0.314. The highest BCUT2D eigenvalue weighted by atomic mass is 79.9. The van der Waals surface area contributed by atoms with Crippen LogP contribution < -0.4 is 0 Å². The number of carbonyl (C=O) groups is 1. The van der Waals surface area contributed by atoms with Crippen molar-refractivity contribution in [3.63, 3.8) is 0 Å². The fourth-order valence-corrected chi connectivity index (χ4v) is 2.00. The largest absolute Gasteiger partial charge is 0.292 e. The summed E-state index contributed by atoms with van der Waals surface area (Å²) < 4.78 is -0.314. The Hall–Kier alpha value is -0.670. The van der Waals surface area contributed by atoms with Crippen LogP contribution in [0.4, 0.5) is 0 Å². The predicted molar refractivity (Wildman–Crippen MR) is 69.9 cm³/mol. The average Bonchev–Trinajstić information content (AvgIpc) is 2.27. The molecular weight excluding hydrogens is 320 g/mol. The van der Waals surface area contributed by atoms with Crippen molar-refractivity contribution in [2.75, 3.05) is 0 Å². The van der Waals surface area contributed by atoms with E-state index in [0.717, 1.165) is 10.8 Å². The molecule has 0 aliphatic heterocycles. The molecule has 2 aromatic carbocycles. The Balaban J connectivity index is 2.52. The van der Waals surface area contributed by atoms with Crippen molar-refractivity contribution in [1.29, 1.82) is 0 Å². The summed E-state index contributed by atoms with van der Waals surface area (Å²) in [6.45, 7) is 0. The SMILES string of the molecule is O=C(c1ccc2ccccc2c1)C(Br)Br. The van der Waals surface area contributed by atoms with Gasteiger partial charge in [0.25, 0.3) is 0 Å². The Morgan fingerprint density at radius 3 is 2.33 bits per heavy atom. The van der Waals surface area contributed by atoms with Crippen molar-refractivity contribution in [2.45, 2.75) is 3.74 Å². The lowest BCUT2D eigenvalue weighted by Gasteiger charge is -2.03. The molecule has 0 fully saturated rings. The topological polar surface area (TPSA) is 17.1 Å². The quantitative estimate of drug-likeness (QED) is 0.598. The lowest BCUT2D eigenvalue weighted by Crippen LogP contribution is -2.06. The third-order valence-electron chi connectivity index (χ3n) is 2.23. The van der Waals surface area contributed by atoms with Crippen LogP contribution in [-0.2, 0) is 0 Å². The van der Waals surface area contributed by atoms with Crippen molar-refractivity contribution in [3.05, 3.63) is 48.0 Å². The van der Waals surface area contributed by atoms with Crippen LogP contribution in [0.25, 0.3) is 10.8 Å². The van der Waals surface area contributed by atoms with Gasteiger partial charge in [0.1, 0.15) is 3.74 Å². The number of hydrogen-bond acceptors (Lipinski definition) is 1. The van der Waals surface area contributed by atoms with Crippen LogP contribution in [0.2, 0.25) is 0 Å². The van der Waals surface area contributed by atoms with Crippen LogP contribution in [0, 0.1) is 0 Å². The number of Topliss-reactive ketones (excluding diaryl/α,β-unsaturated/α-hetero) is 1. The van der Waals surface area contributed by atoms with Crippen molar-refractivity contribution in [2.24, 2.45) is 0 Å². The molecule has 0 aliphatic rings. The third kappa shape index (κ3) is 2.29. The summed E-state index contributed by atoms with van der Waals surface area (Å²) in [7, 11) is 0. The summed E-state index contributed by atoms with van der Waals surface area (Å²) >= 11 is 6.42. The lowest BCUT2D eigenvalue weighted by atomic mass is 10.1. The van der Waals surface area contributed by atoms with Gasteiger partial charge in [-0.25, -0.2) is 0 Å². The molecule has 0 saturated heterocycles. The van der Waals surface area contributed by atoms with E-state index in [2.05, 4.69) is 31.9 Å². The highest BCUT2D eigenvalue weighted by Crippen LogP contribution is 2.20. The van der Waals surface area contributed by atoms with Crippen molar-refractivity contribution in [1.82, 2.24) is 0 Å². The molecule has 0 atom stereocenters. The van der Waals surface area contributed by atoms with Gasteiger partial charge in [-0.2, -0.15) is 0 Å². The zero-order chi connectivity index (χ0) is 10.8. The first kappa shape index (κ1) is 10.8. The monoisotopic (exact) mass is 326 g/mol. The van der Waals surface area contributed by atoms with E-state index in [0.29, 0.717) is 5.56 Å². The molecule has 0 aliphatic carbocycles. The Kier molecular flexibility index (Phi) is 3.22. The second kappa shape index (κ2) is 4.45. The summed E-state index contributed by atoms with van der Waals surface area (Å²) in [6.07, 6.45) is 0. The molecule has 0 saturated carbocycles. The molecule has 0 bridgehead atoms. The standard InChI is InChI=1S/C12H8Br2O/c13-12(14)11(15)10-6-5-8-3-1-2-4-9(8)7-10/h1-7,12H. The van der Waals surface area contributed by atoms with Gasteiger partial charge in [0, 0.05) is 5.56 Å². The van der Waals surface area contributed by atoms with Gasteiger partial charge in [0.2, 0.25) is 0 Å². The fourth-order valence-electron chi connectivity index (χ4n) is 1.47. The summed E-state index contributed by atoms with van der Waals surface area (Å²) in [5, 5.41) is 2.23. The number of hydrogen-bond donors (Lipinski definition) is 0. The second-order valence-corrected chi connectivity index (χ2v) is 6.29. The van der Waals surface area contributed by atoms with Gasteiger partial charge >= 0.3 is 0 Å². The lowest BCUT2D eigenvalue weighted by molar-refractivity contribution is 0.101. The van der Waals surface area contributed by atoms with Crippen LogP contribution in [-0.4, -0.2) is 9.52 Å². The summed E-state index contributed by atoms with van der Waals surface area (Å²) in [6, 6.07) is 13.7. The van der Waals surface area contributed by atoms with Gasteiger partial charge in [0.05, 0.1) is 0 Å².